The fourth-order valence-electron chi connectivity index (χ4n) is 4.14. The fourth-order valence-corrected chi connectivity index (χ4v) is 4.84. The van der Waals surface area contributed by atoms with Gasteiger partial charge in [-0.2, -0.15) is 26.3 Å². The topological polar surface area (TPSA) is 177 Å². The number of nitrogens with two attached hydrogens (primary N) is 1. The average molecular weight is 825 g/mol. The summed E-state index contributed by atoms with van der Waals surface area (Å²) in [6.45, 7) is 0. The monoisotopic (exact) mass is 823 g/mol. The molecule has 6 rings (SSSR count). The van der Waals surface area contributed by atoms with Gasteiger partial charge in [-0.15, -0.1) is 0 Å². The SMILES string of the molecule is Nc1ccc(C(F)(F)F)cc1.O=C(Nc1ccc(C(F)(F)F)cc1)Nc1c[nH]c2ncc(Br)cc12.[N-]=[N+]=NC(=O)c1c[nH]c2ccc(Br)cc12. The molecule has 0 aliphatic heterocycles. The number of aromatic nitrogens is 3. The van der Waals surface area contributed by atoms with Crippen LogP contribution in [0.1, 0.15) is 21.5 Å². The lowest BCUT2D eigenvalue weighted by Gasteiger charge is -2.09. The van der Waals surface area contributed by atoms with Crippen LogP contribution >= 0.6 is 31.9 Å². The maximum atomic E-state index is 12.5. The number of halogens is 8. The summed E-state index contributed by atoms with van der Waals surface area (Å²) in [7, 11) is 0. The van der Waals surface area contributed by atoms with Crippen molar-refractivity contribution in [1.82, 2.24) is 15.0 Å². The Morgan fingerprint density at radius 1 is 0.800 bits per heavy atom. The molecule has 0 aliphatic rings. The smallest absolute Gasteiger partial charge is 0.399 e. The predicted molar refractivity (Wildman–Crippen MR) is 183 cm³/mol. The van der Waals surface area contributed by atoms with Gasteiger partial charge in [0.25, 0.3) is 5.91 Å². The van der Waals surface area contributed by atoms with Crippen LogP contribution in [0.5, 0.6) is 0 Å². The number of carbonyl (C=O) groups excluding carboxylic acids is 2. The maximum Gasteiger partial charge on any atom is 0.416 e. The fraction of sp³-hybridized carbons (Fsp3) is 0.0645. The van der Waals surface area contributed by atoms with Gasteiger partial charge in [0.05, 0.1) is 16.8 Å². The van der Waals surface area contributed by atoms with Gasteiger partial charge in [-0.25, -0.2) is 9.78 Å². The average Bonchev–Trinajstić information content (AvgIpc) is 3.65. The number of nitrogens with one attached hydrogen (secondary N) is 4. The summed E-state index contributed by atoms with van der Waals surface area (Å²) >= 11 is 6.61. The number of carbonyl (C=O) groups is 2. The van der Waals surface area contributed by atoms with E-state index in [0.717, 1.165) is 44.1 Å². The molecule has 3 aromatic carbocycles. The van der Waals surface area contributed by atoms with E-state index in [1.807, 2.05) is 12.1 Å². The molecule has 0 atom stereocenters. The molecule has 6 N–H and O–H groups in total. The number of hydrogen-bond donors (Lipinski definition) is 5. The lowest BCUT2D eigenvalue weighted by atomic mass is 10.2. The van der Waals surface area contributed by atoms with Crippen molar-refractivity contribution in [1.29, 1.82) is 0 Å². The molecular weight excluding hydrogens is 804 g/mol. The molecular formula is C31H21Br2F6N9O2. The number of azide groups is 1. The number of pyridine rings is 1. The minimum absolute atomic E-state index is 0.250. The number of amides is 3. The molecule has 50 heavy (non-hydrogen) atoms. The molecule has 3 heterocycles. The second-order valence-electron chi connectivity index (χ2n) is 9.91. The van der Waals surface area contributed by atoms with Crippen LogP contribution in [-0.2, 0) is 12.4 Å². The van der Waals surface area contributed by atoms with E-state index in [-0.39, 0.29) is 5.69 Å². The molecule has 0 aliphatic carbocycles. The number of nitrogens with zero attached hydrogens (tertiary/aromatic N) is 4. The Bertz CT molecular complexity index is 2180. The van der Waals surface area contributed by atoms with Gasteiger partial charge in [-0.3, -0.25) is 4.79 Å². The molecule has 0 saturated heterocycles. The Hall–Kier alpha value is -5.52. The van der Waals surface area contributed by atoms with Gasteiger partial charge < -0.3 is 26.3 Å². The third-order valence-electron chi connectivity index (χ3n) is 6.46. The van der Waals surface area contributed by atoms with Crippen molar-refractivity contribution >= 4 is 82.8 Å². The van der Waals surface area contributed by atoms with E-state index in [4.69, 9.17) is 11.3 Å². The molecule has 0 spiro atoms. The van der Waals surface area contributed by atoms with Crippen LogP contribution in [0.15, 0.2) is 105 Å². The van der Waals surface area contributed by atoms with Gasteiger partial charge in [0.2, 0.25) is 0 Å². The number of urea groups is 1. The van der Waals surface area contributed by atoms with Gasteiger partial charge in [0.1, 0.15) is 5.65 Å². The highest BCUT2D eigenvalue weighted by Crippen LogP contribution is 2.31. The third-order valence-corrected chi connectivity index (χ3v) is 7.39. The summed E-state index contributed by atoms with van der Waals surface area (Å²) < 4.78 is 74.8. The van der Waals surface area contributed by atoms with E-state index in [9.17, 15) is 35.9 Å². The van der Waals surface area contributed by atoms with Crippen LogP contribution < -0.4 is 16.4 Å². The van der Waals surface area contributed by atoms with Crippen molar-refractivity contribution in [3.8, 4) is 0 Å². The lowest BCUT2D eigenvalue weighted by molar-refractivity contribution is -0.138. The van der Waals surface area contributed by atoms with Crippen LogP contribution in [0, 0.1) is 0 Å². The van der Waals surface area contributed by atoms with Crippen LogP contribution in [0.4, 0.5) is 48.2 Å². The number of H-pyrrole nitrogens is 2. The minimum atomic E-state index is -4.41. The number of nitrogen functional groups attached to an aromatic ring is 1. The molecule has 11 nitrogen and oxygen atoms in total. The summed E-state index contributed by atoms with van der Waals surface area (Å²) in [4.78, 5) is 35.8. The van der Waals surface area contributed by atoms with Crippen molar-refractivity contribution in [2.75, 3.05) is 16.4 Å². The molecule has 258 valence electrons. The van der Waals surface area contributed by atoms with Crippen LogP contribution in [0.3, 0.4) is 0 Å². The number of alkyl halides is 6. The van der Waals surface area contributed by atoms with Crippen LogP contribution in [0.25, 0.3) is 32.4 Å². The highest BCUT2D eigenvalue weighted by atomic mass is 79.9. The van der Waals surface area contributed by atoms with Gasteiger partial charge in [0.15, 0.2) is 0 Å². The Morgan fingerprint density at radius 3 is 2.00 bits per heavy atom. The van der Waals surface area contributed by atoms with Gasteiger partial charge in [-0.1, -0.05) is 15.9 Å². The zero-order chi connectivity index (χ0) is 36.6. The number of fused-ring (bicyclic) bond motifs is 2. The van der Waals surface area contributed by atoms with Crippen molar-refractivity contribution in [3.63, 3.8) is 0 Å². The number of rotatable bonds is 3. The maximum absolute atomic E-state index is 12.5. The van der Waals surface area contributed by atoms with E-state index in [0.29, 0.717) is 28.0 Å². The van der Waals surface area contributed by atoms with E-state index >= 15 is 0 Å². The zero-order valence-corrected chi connectivity index (χ0v) is 28.0. The van der Waals surface area contributed by atoms with Gasteiger partial charge >= 0.3 is 18.4 Å². The zero-order valence-electron chi connectivity index (χ0n) is 24.9. The summed E-state index contributed by atoms with van der Waals surface area (Å²) in [5.74, 6) is -0.582. The molecule has 3 amide bonds. The second kappa shape index (κ2) is 15.8. The largest absolute Gasteiger partial charge is 0.416 e. The molecule has 0 saturated carbocycles. The second-order valence-corrected chi connectivity index (χ2v) is 11.7. The Morgan fingerprint density at radius 2 is 1.40 bits per heavy atom. The highest BCUT2D eigenvalue weighted by molar-refractivity contribution is 9.10. The van der Waals surface area contributed by atoms with E-state index in [1.54, 1.807) is 24.5 Å². The van der Waals surface area contributed by atoms with Gasteiger partial charge in [-0.05, 0) is 99.4 Å². The minimum Gasteiger partial charge on any atom is -0.399 e. The third kappa shape index (κ3) is 10.0. The number of benzene rings is 3. The van der Waals surface area contributed by atoms with Crippen LogP contribution in [-0.4, -0.2) is 26.9 Å². The van der Waals surface area contributed by atoms with Gasteiger partial charge in [0, 0.05) is 65.7 Å². The molecule has 0 radical (unpaired) electrons. The van der Waals surface area contributed by atoms with E-state index in [1.165, 1.54) is 30.5 Å². The quantitative estimate of drug-likeness (QED) is 0.0392. The summed E-state index contributed by atoms with van der Waals surface area (Å²) in [6, 6.07) is 15.3. The molecule has 0 bridgehead atoms. The first-order valence-electron chi connectivity index (χ1n) is 13.7. The van der Waals surface area contributed by atoms with Crippen molar-refractivity contribution in [2.45, 2.75) is 12.4 Å². The summed E-state index contributed by atoms with van der Waals surface area (Å²) in [5.41, 5.74) is 14.8. The molecule has 3 aromatic heterocycles. The van der Waals surface area contributed by atoms with Crippen LogP contribution in [0.2, 0.25) is 0 Å². The lowest BCUT2D eigenvalue weighted by Crippen LogP contribution is -2.19. The molecule has 0 fully saturated rings. The van der Waals surface area contributed by atoms with Crippen molar-refractivity contribution in [3.05, 3.63) is 127 Å². The first-order chi connectivity index (χ1) is 23.5. The highest BCUT2D eigenvalue weighted by Gasteiger charge is 2.30. The number of aromatic amines is 2. The molecule has 6 aromatic rings. The standard InChI is InChI=1S/C15H10BrF3N4O.C9H5BrN4O.C7H6F3N/c16-9-5-11-12(7-21-13(11)20-6-9)23-14(24)22-10-3-1-8(2-4-10)15(17,18)19;10-5-1-2-8-6(3-5)7(4-12-8)9(15)13-14-11;8-7(9,10)5-1-3-6(11)4-2-5/h1-7H,(H,20,21)(H2,22,23,24);1-4,12H;1-4H,11H2. The normalized spacial score (nSPS) is 11.0. The Kier molecular flexibility index (Phi) is 11.8. The predicted octanol–water partition coefficient (Wildman–Crippen LogP) is 10.7. The molecule has 19 heteroatoms. The van der Waals surface area contributed by atoms with Crippen molar-refractivity contribution < 1.29 is 35.9 Å². The van der Waals surface area contributed by atoms with E-state index < -0.39 is 35.4 Å². The Labute approximate surface area is 294 Å². The Balaban J connectivity index is 0.000000184. The summed E-state index contributed by atoms with van der Waals surface area (Å²) in [5, 5.41) is 9.59. The first-order valence-corrected chi connectivity index (χ1v) is 15.3. The van der Waals surface area contributed by atoms with E-state index in [2.05, 4.69) is 67.5 Å². The van der Waals surface area contributed by atoms with Crippen molar-refractivity contribution in [2.24, 2.45) is 5.11 Å². The first kappa shape index (κ1) is 37.3. The summed E-state index contributed by atoms with van der Waals surface area (Å²) in [6.07, 6.45) is -3.95. The number of anilines is 3. The number of hydrogen-bond acceptors (Lipinski definition) is 4. The molecule has 0 unspecified atom stereocenters.